The van der Waals surface area contributed by atoms with E-state index in [-0.39, 0.29) is 0 Å². The zero-order valence-corrected chi connectivity index (χ0v) is 14.9. The minimum Gasteiger partial charge on any atom is -0.399 e. The van der Waals surface area contributed by atoms with Crippen molar-refractivity contribution in [2.24, 2.45) is 5.92 Å². The van der Waals surface area contributed by atoms with E-state index in [0.29, 0.717) is 18.0 Å². The fourth-order valence-corrected chi connectivity index (χ4v) is 4.36. The lowest BCUT2D eigenvalue weighted by Crippen LogP contribution is -2.51. The Bertz CT molecular complexity index is 497. The van der Waals surface area contributed by atoms with Crippen molar-refractivity contribution in [1.29, 1.82) is 0 Å². The summed E-state index contributed by atoms with van der Waals surface area (Å²) in [7, 11) is 8.81. The van der Waals surface area contributed by atoms with Crippen LogP contribution in [0.2, 0.25) is 0 Å². The Morgan fingerprint density at radius 2 is 1.70 bits per heavy atom. The summed E-state index contributed by atoms with van der Waals surface area (Å²) in [5.41, 5.74) is 7.96. The maximum atomic E-state index is 5.82. The third-order valence-corrected chi connectivity index (χ3v) is 5.54. The van der Waals surface area contributed by atoms with Gasteiger partial charge in [0.15, 0.2) is 0 Å². The summed E-state index contributed by atoms with van der Waals surface area (Å²) in [5.74, 6) is 0.713. The van der Waals surface area contributed by atoms with Gasteiger partial charge in [0.25, 0.3) is 0 Å². The monoisotopic (exact) mass is 317 g/mol. The second kappa shape index (κ2) is 6.67. The molecular weight excluding hydrogens is 286 g/mol. The van der Waals surface area contributed by atoms with Crippen molar-refractivity contribution in [3.05, 3.63) is 24.3 Å². The van der Waals surface area contributed by atoms with Gasteiger partial charge in [0.2, 0.25) is 0 Å². The molecule has 0 radical (unpaired) electrons. The summed E-state index contributed by atoms with van der Waals surface area (Å²) in [5, 5.41) is 4.86. The van der Waals surface area contributed by atoms with Gasteiger partial charge in [-0.1, -0.05) is 0 Å². The van der Waals surface area contributed by atoms with E-state index in [0.717, 1.165) is 18.8 Å². The Morgan fingerprint density at radius 1 is 1.00 bits per heavy atom. The van der Waals surface area contributed by atoms with Crippen LogP contribution in [-0.4, -0.2) is 74.8 Å². The van der Waals surface area contributed by atoms with Gasteiger partial charge in [0, 0.05) is 57.2 Å². The highest BCUT2D eigenvalue weighted by atomic mass is 15.6. The molecule has 2 heterocycles. The first kappa shape index (κ1) is 16.6. The molecule has 0 bridgehead atoms. The molecule has 5 nitrogen and oxygen atoms in total. The largest absolute Gasteiger partial charge is 0.399 e. The molecule has 1 aromatic carbocycles. The topological polar surface area (TPSA) is 39.0 Å². The van der Waals surface area contributed by atoms with Crippen molar-refractivity contribution in [2.75, 3.05) is 58.5 Å². The molecule has 3 rings (SSSR count). The molecule has 0 saturated carbocycles. The standard InChI is InChI=1S/C18H31N5/c1-20(2)17-10-12-23(21(3)4)18(17)14-9-11-22(13-14)16-7-5-15(19)6-8-16/h5-8,14,17-18H,9-13,19H2,1-4H3. The fraction of sp³-hybridized carbons (Fsp3) is 0.667. The number of hydrogen-bond donors (Lipinski definition) is 1. The molecular formula is C18H31N5. The van der Waals surface area contributed by atoms with Crippen LogP contribution < -0.4 is 10.6 Å². The Kier molecular flexibility index (Phi) is 4.80. The van der Waals surface area contributed by atoms with Gasteiger partial charge in [-0.3, -0.25) is 0 Å². The molecule has 5 heteroatoms. The molecule has 2 fully saturated rings. The summed E-state index contributed by atoms with van der Waals surface area (Å²) in [6.45, 7) is 3.45. The number of nitrogen functional groups attached to an aromatic ring is 1. The van der Waals surface area contributed by atoms with Gasteiger partial charge in [0.05, 0.1) is 0 Å². The maximum absolute atomic E-state index is 5.82. The lowest BCUT2D eigenvalue weighted by atomic mass is 9.93. The molecule has 0 aromatic heterocycles. The zero-order valence-electron chi connectivity index (χ0n) is 14.9. The van der Waals surface area contributed by atoms with Crippen molar-refractivity contribution in [2.45, 2.75) is 24.9 Å². The highest BCUT2D eigenvalue weighted by Gasteiger charge is 2.43. The van der Waals surface area contributed by atoms with Gasteiger partial charge >= 0.3 is 0 Å². The number of rotatable bonds is 4. The van der Waals surface area contributed by atoms with Gasteiger partial charge < -0.3 is 15.5 Å². The van der Waals surface area contributed by atoms with Gasteiger partial charge in [-0.2, -0.15) is 0 Å². The first-order valence-corrected chi connectivity index (χ1v) is 8.68. The third kappa shape index (κ3) is 3.32. The number of likely N-dealkylation sites (N-methyl/N-ethyl adjacent to an activating group) is 1. The molecule has 2 saturated heterocycles. The van der Waals surface area contributed by atoms with Crippen LogP contribution in [0.3, 0.4) is 0 Å². The van der Waals surface area contributed by atoms with Crippen molar-refractivity contribution in [3.63, 3.8) is 0 Å². The Labute approximate surface area is 140 Å². The van der Waals surface area contributed by atoms with Crippen LogP contribution in [0.5, 0.6) is 0 Å². The minimum absolute atomic E-state index is 0.610. The van der Waals surface area contributed by atoms with Crippen molar-refractivity contribution in [1.82, 2.24) is 14.9 Å². The first-order valence-electron chi connectivity index (χ1n) is 8.68. The average molecular weight is 317 g/mol. The van der Waals surface area contributed by atoms with Crippen LogP contribution in [0.15, 0.2) is 24.3 Å². The predicted molar refractivity (Wildman–Crippen MR) is 97.4 cm³/mol. The maximum Gasteiger partial charge on any atom is 0.0447 e. The smallest absolute Gasteiger partial charge is 0.0447 e. The Hall–Kier alpha value is -1.30. The van der Waals surface area contributed by atoms with E-state index < -0.39 is 0 Å². The van der Waals surface area contributed by atoms with Crippen LogP contribution in [0.25, 0.3) is 0 Å². The molecule has 2 aliphatic rings. The molecule has 3 unspecified atom stereocenters. The number of anilines is 2. The molecule has 23 heavy (non-hydrogen) atoms. The quantitative estimate of drug-likeness (QED) is 0.854. The Balaban J connectivity index is 1.74. The molecule has 0 amide bonds. The number of benzene rings is 1. The third-order valence-electron chi connectivity index (χ3n) is 5.54. The second-order valence-electron chi connectivity index (χ2n) is 7.41. The lowest BCUT2D eigenvalue weighted by molar-refractivity contribution is -0.0215. The van der Waals surface area contributed by atoms with Crippen molar-refractivity contribution in [3.8, 4) is 0 Å². The molecule has 0 aliphatic carbocycles. The summed E-state index contributed by atoms with van der Waals surface area (Å²) >= 11 is 0. The lowest BCUT2D eigenvalue weighted by Gasteiger charge is -2.38. The van der Waals surface area contributed by atoms with E-state index in [1.807, 2.05) is 12.1 Å². The van der Waals surface area contributed by atoms with E-state index in [2.05, 4.69) is 60.1 Å². The van der Waals surface area contributed by atoms with E-state index in [1.165, 1.54) is 25.1 Å². The van der Waals surface area contributed by atoms with Crippen LogP contribution in [0.1, 0.15) is 12.8 Å². The highest BCUT2D eigenvalue weighted by molar-refractivity contribution is 5.53. The molecule has 2 N–H and O–H groups in total. The average Bonchev–Trinajstić information content (AvgIpc) is 3.14. The van der Waals surface area contributed by atoms with E-state index in [4.69, 9.17) is 5.73 Å². The van der Waals surface area contributed by atoms with Gasteiger partial charge in [-0.05, 0) is 57.1 Å². The van der Waals surface area contributed by atoms with Crippen LogP contribution >= 0.6 is 0 Å². The molecule has 2 aliphatic heterocycles. The van der Waals surface area contributed by atoms with E-state index >= 15 is 0 Å². The normalized spacial score (nSPS) is 29.1. The number of hydrogen-bond acceptors (Lipinski definition) is 5. The van der Waals surface area contributed by atoms with Crippen LogP contribution in [0.4, 0.5) is 11.4 Å². The first-order chi connectivity index (χ1) is 11.0. The van der Waals surface area contributed by atoms with Crippen molar-refractivity contribution < 1.29 is 0 Å². The Morgan fingerprint density at radius 3 is 2.30 bits per heavy atom. The molecule has 128 valence electrons. The van der Waals surface area contributed by atoms with E-state index in [9.17, 15) is 0 Å². The highest BCUT2D eigenvalue weighted by Crippen LogP contribution is 2.34. The summed E-state index contributed by atoms with van der Waals surface area (Å²) < 4.78 is 0. The number of nitrogens with two attached hydrogens (primary N) is 1. The van der Waals surface area contributed by atoms with Crippen LogP contribution in [0, 0.1) is 5.92 Å². The van der Waals surface area contributed by atoms with Gasteiger partial charge in [-0.15, -0.1) is 0 Å². The van der Waals surface area contributed by atoms with Crippen molar-refractivity contribution >= 4 is 11.4 Å². The fourth-order valence-electron chi connectivity index (χ4n) is 4.36. The predicted octanol–water partition coefficient (Wildman–Crippen LogP) is 1.58. The second-order valence-corrected chi connectivity index (χ2v) is 7.41. The summed E-state index contributed by atoms with van der Waals surface area (Å²) in [6, 6.07) is 9.58. The van der Waals surface area contributed by atoms with Gasteiger partial charge in [0.1, 0.15) is 0 Å². The number of nitrogens with zero attached hydrogens (tertiary/aromatic N) is 4. The zero-order chi connectivity index (χ0) is 16.6. The number of hydrazine groups is 1. The molecule has 0 spiro atoms. The molecule has 1 aromatic rings. The van der Waals surface area contributed by atoms with Crippen LogP contribution in [-0.2, 0) is 0 Å². The van der Waals surface area contributed by atoms with E-state index in [1.54, 1.807) is 0 Å². The SMILES string of the molecule is CN(C)C1CCN(N(C)C)C1C1CCN(c2ccc(N)cc2)C1. The molecule has 3 atom stereocenters. The summed E-state index contributed by atoms with van der Waals surface area (Å²) in [4.78, 5) is 4.93. The summed E-state index contributed by atoms with van der Waals surface area (Å²) in [6.07, 6.45) is 2.53. The minimum atomic E-state index is 0.610. The van der Waals surface area contributed by atoms with Gasteiger partial charge in [-0.25, -0.2) is 10.0 Å².